The first kappa shape index (κ1) is 12.9. The zero-order valence-electron chi connectivity index (χ0n) is 11.3. The lowest BCUT2D eigenvalue weighted by molar-refractivity contribution is 0.339. The number of nitriles is 1. The minimum absolute atomic E-state index is 0.512. The number of anilines is 1. The molecule has 3 heteroatoms. The highest BCUT2D eigenvalue weighted by molar-refractivity contribution is 5.42. The van der Waals surface area contributed by atoms with Crippen LogP contribution in [0.5, 0.6) is 0 Å². The molecule has 0 saturated carbocycles. The maximum absolute atomic E-state index is 8.89. The summed E-state index contributed by atoms with van der Waals surface area (Å²) in [5.41, 5.74) is 0.512. The Morgan fingerprint density at radius 1 is 1.44 bits per heavy atom. The van der Waals surface area contributed by atoms with E-state index in [1.54, 1.807) is 6.07 Å². The van der Waals surface area contributed by atoms with Crippen molar-refractivity contribution in [3.05, 3.63) is 23.9 Å². The van der Waals surface area contributed by atoms with E-state index in [9.17, 15) is 0 Å². The molecule has 0 amide bonds. The summed E-state index contributed by atoms with van der Waals surface area (Å²) < 4.78 is 0. The van der Waals surface area contributed by atoms with E-state index >= 15 is 0 Å². The lowest BCUT2D eigenvalue weighted by atomic mass is 9.87. The molecule has 0 aromatic carbocycles. The van der Waals surface area contributed by atoms with Gasteiger partial charge in [-0.2, -0.15) is 5.26 Å². The Morgan fingerprint density at radius 2 is 2.22 bits per heavy atom. The van der Waals surface area contributed by atoms with Crippen LogP contribution in [-0.2, 0) is 0 Å². The van der Waals surface area contributed by atoms with Gasteiger partial charge in [0.1, 0.15) is 17.6 Å². The van der Waals surface area contributed by atoms with Crippen LogP contribution in [0.25, 0.3) is 0 Å². The summed E-state index contributed by atoms with van der Waals surface area (Å²) in [5.74, 6) is 2.57. The van der Waals surface area contributed by atoms with E-state index in [4.69, 9.17) is 5.26 Å². The van der Waals surface area contributed by atoms with Crippen LogP contribution in [0.3, 0.4) is 0 Å². The molecule has 0 aliphatic carbocycles. The molecule has 0 spiro atoms. The highest BCUT2D eigenvalue weighted by Crippen LogP contribution is 2.30. The van der Waals surface area contributed by atoms with E-state index in [-0.39, 0.29) is 0 Å². The summed E-state index contributed by atoms with van der Waals surface area (Å²) >= 11 is 0. The van der Waals surface area contributed by atoms with Crippen molar-refractivity contribution in [3.63, 3.8) is 0 Å². The number of hydrogen-bond donors (Lipinski definition) is 0. The van der Waals surface area contributed by atoms with Crippen molar-refractivity contribution in [2.45, 2.75) is 33.1 Å². The average molecular weight is 243 g/mol. The van der Waals surface area contributed by atoms with Crippen LogP contribution < -0.4 is 4.90 Å². The third-order valence-electron chi connectivity index (χ3n) is 4.11. The van der Waals surface area contributed by atoms with E-state index in [0.717, 1.165) is 30.7 Å². The molecule has 1 aliphatic heterocycles. The van der Waals surface area contributed by atoms with E-state index in [2.05, 4.69) is 29.8 Å². The van der Waals surface area contributed by atoms with Gasteiger partial charge in [-0.1, -0.05) is 32.8 Å². The van der Waals surface area contributed by atoms with E-state index in [1.807, 2.05) is 12.1 Å². The normalized spacial score (nSPS) is 19.2. The second kappa shape index (κ2) is 5.86. The molecule has 1 unspecified atom stereocenters. The maximum atomic E-state index is 8.89. The van der Waals surface area contributed by atoms with Gasteiger partial charge in [0, 0.05) is 13.1 Å². The summed E-state index contributed by atoms with van der Waals surface area (Å²) in [5, 5.41) is 8.89. The van der Waals surface area contributed by atoms with Crippen molar-refractivity contribution in [2.75, 3.05) is 18.0 Å². The lowest BCUT2D eigenvalue weighted by Gasteiger charge is -2.22. The SMILES string of the molecule is CCC(CC)C1CCN(c2cccc(C#N)n2)C1. The van der Waals surface area contributed by atoms with Crippen LogP contribution in [0, 0.1) is 23.2 Å². The second-order valence-corrected chi connectivity index (χ2v) is 5.06. The van der Waals surface area contributed by atoms with Gasteiger partial charge in [0.25, 0.3) is 0 Å². The van der Waals surface area contributed by atoms with Gasteiger partial charge >= 0.3 is 0 Å². The molecule has 0 N–H and O–H groups in total. The molecule has 96 valence electrons. The molecular formula is C15H21N3. The summed E-state index contributed by atoms with van der Waals surface area (Å²) in [6, 6.07) is 7.80. The van der Waals surface area contributed by atoms with Crippen LogP contribution in [0.2, 0.25) is 0 Å². The van der Waals surface area contributed by atoms with Crippen LogP contribution in [0.4, 0.5) is 5.82 Å². The van der Waals surface area contributed by atoms with Gasteiger partial charge in [-0.05, 0) is 30.4 Å². The van der Waals surface area contributed by atoms with Crippen molar-refractivity contribution in [1.29, 1.82) is 5.26 Å². The number of rotatable bonds is 4. The molecule has 1 aromatic rings. The number of pyridine rings is 1. The fourth-order valence-electron chi connectivity index (χ4n) is 3.00. The number of aromatic nitrogens is 1. The fourth-order valence-corrected chi connectivity index (χ4v) is 3.00. The zero-order chi connectivity index (χ0) is 13.0. The van der Waals surface area contributed by atoms with Gasteiger partial charge in [0.15, 0.2) is 0 Å². The van der Waals surface area contributed by atoms with Crippen LogP contribution >= 0.6 is 0 Å². The molecule has 1 atom stereocenters. The van der Waals surface area contributed by atoms with Crippen molar-refractivity contribution in [2.24, 2.45) is 11.8 Å². The van der Waals surface area contributed by atoms with Gasteiger partial charge in [-0.3, -0.25) is 0 Å². The molecular weight excluding hydrogens is 222 g/mol. The highest BCUT2D eigenvalue weighted by Gasteiger charge is 2.28. The first-order chi connectivity index (χ1) is 8.78. The molecule has 0 bridgehead atoms. The first-order valence-corrected chi connectivity index (χ1v) is 6.90. The van der Waals surface area contributed by atoms with Crippen LogP contribution in [0.1, 0.15) is 38.8 Å². The summed E-state index contributed by atoms with van der Waals surface area (Å²) in [6.45, 7) is 6.73. The molecule has 2 heterocycles. The minimum atomic E-state index is 0.512. The summed E-state index contributed by atoms with van der Waals surface area (Å²) in [6.07, 6.45) is 3.78. The van der Waals surface area contributed by atoms with Gasteiger partial charge < -0.3 is 4.90 Å². The van der Waals surface area contributed by atoms with Crippen molar-refractivity contribution in [3.8, 4) is 6.07 Å². The molecule has 1 fully saturated rings. The van der Waals surface area contributed by atoms with Gasteiger partial charge in [-0.25, -0.2) is 4.98 Å². The molecule has 2 rings (SSSR count). The van der Waals surface area contributed by atoms with Gasteiger partial charge in [0.2, 0.25) is 0 Å². The Kier molecular flexibility index (Phi) is 4.19. The molecule has 1 saturated heterocycles. The fraction of sp³-hybridized carbons (Fsp3) is 0.600. The molecule has 1 aromatic heterocycles. The topological polar surface area (TPSA) is 39.9 Å². The molecule has 0 radical (unpaired) electrons. The van der Waals surface area contributed by atoms with E-state index < -0.39 is 0 Å². The number of hydrogen-bond acceptors (Lipinski definition) is 3. The summed E-state index contributed by atoms with van der Waals surface area (Å²) in [7, 11) is 0. The largest absolute Gasteiger partial charge is 0.356 e. The standard InChI is InChI=1S/C15H21N3/c1-3-12(4-2)13-8-9-18(11-13)15-7-5-6-14(10-16)17-15/h5-7,12-13H,3-4,8-9,11H2,1-2H3. The Morgan fingerprint density at radius 3 is 2.89 bits per heavy atom. The highest BCUT2D eigenvalue weighted by atomic mass is 15.2. The van der Waals surface area contributed by atoms with Crippen LogP contribution in [-0.4, -0.2) is 18.1 Å². The maximum Gasteiger partial charge on any atom is 0.142 e. The zero-order valence-corrected chi connectivity index (χ0v) is 11.3. The third-order valence-corrected chi connectivity index (χ3v) is 4.11. The molecule has 1 aliphatic rings. The Balaban J connectivity index is 2.06. The van der Waals surface area contributed by atoms with E-state index in [0.29, 0.717) is 5.69 Å². The Labute approximate surface area is 109 Å². The minimum Gasteiger partial charge on any atom is -0.356 e. The Bertz CT molecular complexity index is 432. The van der Waals surface area contributed by atoms with E-state index in [1.165, 1.54) is 19.3 Å². The first-order valence-electron chi connectivity index (χ1n) is 6.90. The molecule has 18 heavy (non-hydrogen) atoms. The monoisotopic (exact) mass is 243 g/mol. The second-order valence-electron chi connectivity index (χ2n) is 5.06. The lowest BCUT2D eigenvalue weighted by Crippen LogP contribution is -2.23. The van der Waals surface area contributed by atoms with Crippen molar-refractivity contribution in [1.82, 2.24) is 4.98 Å². The average Bonchev–Trinajstić information content (AvgIpc) is 2.90. The predicted octanol–water partition coefficient (Wildman–Crippen LogP) is 3.22. The number of nitrogens with zero attached hydrogens (tertiary/aromatic N) is 3. The van der Waals surface area contributed by atoms with Crippen molar-refractivity contribution >= 4 is 5.82 Å². The summed E-state index contributed by atoms with van der Waals surface area (Å²) in [4.78, 5) is 6.71. The third kappa shape index (κ3) is 2.64. The Hall–Kier alpha value is -1.56. The van der Waals surface area contributed by atoms with Crippen molar-refractivity contribution < 1.29 is 0 Å². The molecule has 3 nitrogen and oxygen atoms in total. The smallest absolute Gasteiger partial charge is 0.142 e. The van der Waals surface area contributed by atoms with Gasteiger partial charge in [-0.15, -0.1) is 0 Å². The predicted molar refractivity (Wildman–Crippen MR) is 73.3 cm³/mol. The van der Waals surface area contributed by atoms with Crippen LogP contribution in [0.15, 0.2) is 18.2 Å². The quantitative estimate of drug-likeness (QED) is 0.815. The van der Waals surface area contributed by atoms with Gasteiger partial charge in [0.05, 0.1) is 0 Å².